The molecule has 1 heterocycles. The number of thioether (sulfide) groups is 2. The number of benzene rings is 2. The highest BCUT2D eigenvalue weighted by atomic mass is 32.2. The van der Waals surface area contributed by atoms with Gasteiger partial charge in [0.05, 0.1) is 12.0 Å². The van der Waals surface area contributed by atoms with E-state index in [2.05, 4.69) is 51.9 Å². The molecule has 1 amide bonds. The molecule has 0 fully saturated rings. The first-order valence-electron chi connectivity index (χ1n) is 9.28. The van der Waals surface area contributed by atoms with Gasteiger partial charge in [0.2, 0.25) is 0 Å². The molecule has 30 heavy (non-hydrogen) atoms. The first-order chi connectivity index (χ1) is 14.6. The Morgan fingerprint density at radius 1 is 1.07 bits per heavy atom. The maximum absolute atomic E-state index is 12.0. The summed E-state index contributed by atoms with van der Waals surface area (Å²) >= 11 is 4.52. The lowest BCUT2D eigenvalue weighted by molar-refractivity contribution is -0.118. The maximum Gasteiger partial charge on any atom is 0.250 e. The minimum absolute atomic E-state index is 0.173. The zero-order valence-electron chi connectivity index (χ0n) is 16.7. The lowest BCUT2D eigenvalue weighted by atomic mass is 10.1. The Morgan fingerprint density at radius 3 is 2.50 bits per heavy atom. The van der Waals surface area contributed by atoms with Crippen molar-refractivity contribution in [2.75, 3.05) is 5.75 Å². The van der Waals surface area contributed by atoms with E-state index in [1.807, 2.05) is 43.3 Å². The number of nitrogens with zero attached hydrogens (tertiary/aromatic N) is 3. The fourth-order valence-corrected chi connectivity index (χ4v) is 5.13. The summed E-state index contributed by atoms with van der Waals surface area (Å²) in [5.74, 6) is 0.925. The smallest absolute Gasteiger partial charge is 0.250 e. The van der Waals surface area contributed by atoms with Gasteiger partial charge in [0.25, 0.3) is 5.91 Å². The van der Waals surface area contributed by atoms with Gasteiger partial charge in [-0.15, -0.1) is 10.2 Å². The van der Waals surface area contributed by atoms with Crippen molar-refractivity contribution in [3.8, 4) is 0 Å². The molecule has 154 valence electrons. The second-order valence-electron chi connectivity index (χ2n) is 6.49. The zero-order chi connectivity index (χ0) is 21.2. The lowest BCUT2D eigenvalue weighted by Gasteiger charge is -1.99. The van der Waals surface area contributed by atoms with Crippen molar-refractivity contribution in [2.45, 2.75) is 28.3 Å². The molecule has 0 radical (unpaired) electrons. The summed E-state index contributed by atoms with van der Waals surface area (Å²) in [6.45, 7) is 4.02. The van der Waals surface area contributed by atoms with Crippen LogP contribution in [0.2, 0.25) is 0 Å². The average Bonchev–Trinajstić information content (AvgIpc) is 3.20. The number of carbonyl (C=O) groups excluding carboxylic acids is 1. The van der Waals surface area contributed by atoms with E-state index >= 15 is 0 Å². The largest absolute Gasteiger partial charge is 0.272 e. The predicted octanol–water partition coefficient (Wildman–Crippen LogP) is 5.44. The highest BCUT2D eigenvalue weighted by Gasteiger charge is 2.08. The number of allylic oxidation sites excluding steroid dienone is 1. The summed E-state index contributed by atoms with van der Waals surface area (Å²) in [4.78, 5) is 12.0. The number of rotatable bonds is 9. The molecule has 1 aromatic heterocycles. The number of carbonyl (C=O) groups is 1. The molecule has 2 aromatic carbocycles. The summed E-state index contributed by atoms with van der Waals surface area (Å²) in [6.07, 6.45) is 3.64. The topological polar surface area (TPSA) is 67.2 Å². The number of aryl methyl sites for hydroxylation is 1. The Hall–Kier alpha value is -2.42. The van der Waals surface area contributed by atoms with Crippen LogP contribution >= 0.6 is 34.9 Å². The molecule has 0 unspecified atom stereocenters. The summed E-state index contributed by atoms with van der Waals surface area (Å²) in [5, 5.41) is 12.4. The van der Waals surface area contributed by atoms with Crippen LogP contribution in [-0.4, -0.2) is 28.1 Å². The van der Waals surface area contributed by atoms with E-state index in [9.17, 15) is 4.79 Å². The fraction of sp³-hybridized carbons (Fsp3) is 0.182. The van der Waals surface area contributed by atoms with Crippen molar-refractivity contribution in [1.29, 1.82) is 0 Å². The van der Waals surface area contributed by atoms with Gasteiger partial charge in [-0.2, -0.15) is 5.10 Å². The third-order valence-corrected chi connectivity index (χ3v) is 7.11. The second kappa shape index (κ2) is 11.7. The van der Waals surface area contributed by atoms with Crippen LogP contribution in [0.15, 0.2) is 74.0 Å². The minimum Gasteiger partial charge on any atom is -0.272 e. The average molecular weight is 455 g/mol. The Morgan fingerprint density at radius 2 is 1.77 bits per heavy atom. The molecule has 0 saturated heterocycles. The van der Waals surface area contributed by atoms with Gasteiger partial charge in [-0.1, -0.05) is 101 Å². The molecule has 0 atom stereocenters. The van der Waals surface area contributed by atoms with Crippen LogP contribution in [0.3, 0.4) is 0 Å². The van der Waals surface area contributed by atoms with E-state index in [0.717, 1.165) is 25.6 Å². The Kier molecular flexibility index (Phi) is 8.67. The van der Waals surface area contributed by atoms with Crippen LogP contribution in [0.5, 0.6) is 0 Å². The van der Waals surface area contributed by atoms with Crippen molar-refractivity contribution < 1.29 is 4.79 Å². The van der Waals surface area contributed by atoms with E-state index in [-0.39, 0.29) is 11.7 Å². The van der Waals surface area contributed by atoms with Crippen LogP contribution in [0.25, 0.3) is 6.08 Å². The Balaban J connectivity index is 1.39. The molecular formula is C22H22N4OS3. The first kappa shape index (κ1) is 22.3. The van der Waals surface area contributed by atoms with E-state index in [1.165, 1.54) is 34.2 Å². The highest BCUT2D eigenvalue weighted by molar-refractivity contribution is 8.03. The SMILES string of the molecule is CC(/C=N/NC(=O)CSc1nnc(SCc2ccc(C)cc2)s1)=C\c1ccccc1. The Labute approximate surface area is 189 Å². The molecule has 0 bridgehead atoms. The minimum atomic E-state index is -0.173. The van der Waals surface area contributed by atoms with Gasteiger partial charge in [0.15, 0.2) is 8.68 Å². The van der Waals surface area contributed by atoms with Crippen molar-refractivity contribution >= 4 is 53.1 Å². The van der Waals surface area contributed by atoms with E-state index < -0.39 is 0 Å². The van der Waals surface area contributed by atoms with Crippen molar-refractivity contribution in [3.05, 3.63) is 76.9 Å². The monoisotopic (exact) mass is 454 g/mol. The fourth-order valence-electron chi connectivity index (χ4n) is 2.36. The van der Waals surface area contributed by atoms with E-state index in [4.69, 9.17) is 0 Å². The van der Waals surface area contributed by atoms with Gasteiger partial charge in [0.1, 0.15) is 0 Å². The quantitative estimate of drug-likeness (QED) is 0.265. The molecular weight excluding hydrogens is 432 g/mol. The van der Waals surface area contributed by atoms with Gasteiger partial charge in [-0.25, -0.2) is 5.43 Å². The van der Waals surface area contributed by atoms with Gasteiger partial charge < -0.3 is 0 Å². The number of hydrogen-bond acceptors (Lipinski definition) is 7. The normalized spacial score (nSPS) is 11.7. The van der Waals surface area contributed by atoms with Crippen LogP contribution in [0.1, 0.15) is 23.6 Å². The maximum atomic E-state index is 12.0. The molecule has 0 spiro atoms. The molecule has 8 heteroatoms. The summed E-state index contributed by atoms with van der Waals surface area (Å²) in [6, 6.07) is 18.4. The zero-order valence-corrected chi connectivity index (χ0v) is 19.2. The number of amides is 1. The molecule has 0 aliphatic heterocycles. The number of hydrazone groups is 1. The van der Waals surface area contributed by atoms with Gasteiger partial charge in [-0.05, 0) is 30.5 Å². The molecule has 3 rings (SSSR count). The van der Waals surface area contributed by atoms with Crippen molar-refractivity contribution in [2.24, 2.45) is 5.10 Å². The number of aromatic nitrogens is 2. The van der Waals surface area contributed by atoms with Crippen LogP contribution in [0, 0.1) is 6.92 Å². The third-order valence-electron chi connectivity index (χ3n) is 3.85. The standard InChI is InChI=1S/C22H22N4OS3/c1-16-8-10-19(11-9-16)14-28-21-25-26-22(30-21)29-15-20(27)24-23-13-17(2)12-18-6-4-3-5-7-18/h3-13H,14-15H2,1-2H3,(H,24,27)/b17-12+,23-13+. The molecule has 0 aliphatic rings. The first-order valence-corrected chi connectivity index (χ1v) is 12.1. The van der Waals surface area contributed by atoms with E-state index in [0.29, 0.717) is 0 Å². The molecule has 3 aromatic rings. The van der Waals surface area contributed by atoms with E-state index in [1.54, 1.807) is 18.0 Å². The van der Waals surface area contributed by atoms with Crippen molar-refractivity contribution in [1.82, 2.24) is 15.6 Å². The summed E-state index contributed by atoms with van der Waals surface area (Å²) in [7, 11) is 0. The molecule has 1 N–H and O–H groups in total. The summed E-state index contributed by atoms with van der Waals surface area (Å²) in [5.41, 5.74) is 7.10. The molecule has 0 saturated carbocycles. The highest BCUT2D eigenvalue weighted by Crippen LogP contribution is 2.30. The number of nitrogens with one attached hydrogen (secondary N) is 1. The van der Waals surface area contributed by atoms with Crippen LogP contribution < -0.4 is 5.43 Å². The number of hydrogen-bond donors (Lipinski definition) is 1. The van der Waals surface area contributed by atoms with Gasteiger partial charge in [-0.3, -0.25) is 4.79 Å². The molecule has 5 nitrogen and oxygen atoms in total. The predicted molar refractivity (Wildman–Crippen MR) is 128 cm³/mol. The third kappa shape index (κ3) is 7.78. The van der Waals surface area contributed by atoms with Gasteiger partial charge in [0, 0.05) is 5.75 Å². The second-order valence-corrected chi connectivity index (χ2v) is 9.91. The lowest BCUT2D eigenvalue weighted by Crippen LogP contribution is -2.19. The summed E-state index contributed by atoms with van der Waals surface area (Å²) < 4.78 is 1.68. The van der Waals surface area contributed by atoms with Crippen molar-refractivity contribution in [3.63, 3.8) is 0 Å². The Bertz CT molecular complexity index is 1010. The van der Waals surface area contributed by atoms with Gasteiger partial charge >= 0.3 is 0 Å². The van der Waals surface area contributed by atoms with Crippen LogP contribution in [-0.2, 0) is 10.5 Å². The molecule has 0 aliphatic carbocycles. The van der Waals surface area contributed by atoms with Crippen LogP contribution in [0.4, 0.5) is 0 Å².